The number of benzene rings is 1. The average molecular weight is 332 g/mol. The second kappa shape index (κ2) is 9.27. The summed E-state index contributed by atoms with van der Waals surface area (Å²) in [4.78, 5) is 11.7. The number of amides is 2. The van der Waals surface area contributed by atoms with Gasteiger partial charge in [0.05, 0.1) is 17.9 Å². The normalized spacial score (nSPS) is 11.2. The molecule has 4 nitrogen and oxygen atoms in total. The van der Waals surface area contributed by atoms with E-state index in [2.05, 4.69) is 17.6 Å². The predicted molar refractivity (Wildman–Crippen MR) is 83.8 cm³/mol. The molecule has 2 N–H and O–H groups in total. The van der Waals surface area contributed by atoms with Crippen LogP contribution in [0.3, 0.4) is 0 Å². The van der Waals surface area contributed by atoms with E-state index in [1.165, 1.54) is 12.1 Å². The Kier molecular flexibility index (Phi) is 7.71. The lowest BCUT2D eigenvalue weighted by Gasteiger charge is -2.16. The van der Waals surface area contributed by atoms with Crippen molar-refractivity contribution in [1.82, 2.24) is 5.32 Å². The summed E-state index contributed by atoms with van der Waals surface area (Å²) in [5.41, 5.74) is -1.21. The van der Waals surface area contributed by atoms with Gasteiger partial charge in [0.1, 0.15) is 5.75 Å². The fourth-order valence-electron chi connectivity index (χ4n) is 2.04. The van der Waals surface area contributed by atoms with E-state index in [0.29, 0.717) is 6.54 Å². The Morgan fingerprint density at radius 2 is 1.91 bits per heavy atom. The van der Waals surface area contributed by atoms with Crippen molar-refractivity contribution < 1.29 is 22.7 Å². The molecule has 7 heteroatoms. The summed E-state index contributed by atoms with van der Waals surface area (Å²) in [7, 11) is 0. The van der Waals surface area contributed by atoms with Crippen LogP contribution in [-0.4, -0.2) is 19.2 Å². The number of carbonyl (C=O) groups is 1. The number of ether oxygens (including phenoxy) is 1. The first-order valence-corrected chi connectivity index (χ1v) is 7.77. The van der Waals surface area contributed by atoms with Gasteiger partial charge in [-0.15, -0.1) is 0 Å². The van der Waals surface area contributed by atoms with Crippen LogP contribution in [-0.2, 0) is 6.18 Å². The molecule has 0 fully saturated rings. The standard InChI is InChI=1S/C16H23F3N2O2/c1-3-5-6-7-10-20-15(22)21-14-9-8-12(23-4-2)11-13(14)16(17,18)19/h8-9,11H,3-7,10H2,1-2H3,(H2,20,21,22). The topological polar surface area (TPSA) is 50.4 Å². The minimum atomic E-state index is -4.57. The van der Waals surface area contributed by atoms with Crippen LogP contribution in [0.25, 0.3) is 0 Å². The van der Waals surface area contributed by atoms with Crippen molar-refractivity contribution >= 4 is 11.7 Å². The molecule has 0 bridgehead atoms. The first-order chi connectivity index (χ1) is 10.9. The van der Waals surface area contributed by atoms with E-state index >= 15 is 0 Å². The van der Waals surface area contributed by atoms with E-state index in [-0.39, 0.29) is 18.0 Å². The maximum atomic E-state index is 13.1. The second-order valence-electron chi connectivity index (χ2n) is 5.08. The highest BCUT2D eigenvalue weighted by Crippen LogP contribution is 2.37. The number of hydrogen-bond donors (Lipinski definition) is 2. The Hall–Kier alpha value is -1.92. The third-order valence-corrected chi connectivity index (χ3v) is 3.17. The van der Waals surface area contributed by atoms with Gasteiger partial charge in [-0.1, -0.05) is 26.2 Å². The summed E-state index contributed by atoms with van der Waals surface area (Å²) >= 11 is 0. The fourth-order valence-corrected chi connectivity index (χ4v) is 2.04. The first kappa shape index (κ1) is 19.1. The number of hydrogen-bond acceptors (Lipinski definition) is 2. The molecule has 0 saturated heterocycles. The lowest BCUT2D eigenvalue weighted by molar-refractivity contribution is -0.137. The quantitative estimate of drug-likeness (QED) is 0.672. The van der Waals surface area contributed by atoms with Crippen LogP contribution in [0.5, 0.6) is 5.75 Å². The molecule has 1 aromatic carbocycles. The Morgan fingerprint density at radius 3 is 2.52 bits per heavy atom. The molecule has 0 saturated carbocycles. The molecule has 1 aromatic rings. The smallest absolute Gasteiger partial charge is 0.418 e. The van der Waals surface area contributed by atoms with Gasteiger partial charge >= 0.3 is 12.2 Å². The summed E-state index contributed by atoms with van der Waals surface area (Å²) in [6.07, 6.45) is -0.644. The Bertz CT molecular complexity index is 505. The minimum absolute atomic E-state index is 0.116. The third-order valence-electron chi connectivity index (χ3n) is 3.17. The molecule has 0 heterocycles. The van der Waals surface area contributed by atoms with Crippen LogP contribution in [0.1, 0.15) is 45.1 Å². The molecule has 130 valence electrons. The third kappa shape index (κ3) is 6.80. The SMILES string of the molecule is CCCCCCNC(=O)Nc1ccc(OCC)cc1C(F)(F)F. The van der Waals surface area contributed by atoms with Crippen molar-refractivity contribution in [3.8, 4) is 5.75 Å². The summed E-state index contributed by atoms with van der Waals surface area (Å²) in [5, 5.41) is 4.81. The summed E-state index contributed by atoms with van der Waals surface area (Å²) in [5.74, 6) is 0.116. The lowest BCUT2D eigenvalue weighted by Crippen LogP contribution is -2.30. The zero-order chi connectivity index (χ0) is 17.3. The molecular formula is C16H23F3N2O2. The number of halogens is 3. The molecule has 23 heavy (non-hydrogen) atoms. The molecule has 0 atom stereocenters. The maximum absolute atomic E-state index is 13.1. The monoisotopic (exact) mass is 332 g/mol. The number of nitrogens with one attached hydrogen (secondary N) is 2. The molecule has 0 radical (unpaired) electrons. The fraction of sp³-hybridized carbons (Fsp3) is 0.562. The number of anilines is 1. The van der Waals surface area contributed by atoms with Gasteiger partial charge in [0.25, 0.3) is 0 Å². The number of unbranched alkanes of at least 4 members (excludes halogenated alkanes) is 3. The molecule has 0 unspecified atom stereocenters. The van der Waals surface area contributed by atoms with Gasteiger partial charge in [-0.3, -0.25) is 0 Å². The van der Waals surface area contributed by atoms with Crippen molar-refractivity contribution in [1.29, 1.82) is 0 Å². The van der Waals surface area contributed by atoms with E-state index in [4.69, 9.17) is 4.74 Å². The van der Waals surface area contributed by atoms with Crippen LogP contribution < -0.4 is 15.4 Å². The van der Waals surface area contributed by atoms with Crippen LogP contribution in [0.2, 0.25) is 0 Å². The highest BCUT2D eigenvalue weighted by molar-refractivity contribution is 5.90. The molecule has 0 aliphatic rings. The van der Waals surface area contributed by atoms with E-state index in [1.807, 2.05) is 0 Å². The molecule has 2 amide bonds. The van der Waals surface area contributed by atoms with Gasteiger partial charge in [-0.25, -0.2) is 4.79 Å². The van der Waals surface area contributed by atoms with Crippen molar-refractivity contribution in [2.24, 2.45) is 0 Å². The average Bonchev–Trinajstić information content (AvgIpc) is 2.48. The van der Waals surface area contributed by atoms with E-state index < -0.39 is 17.8 Å². The van der Waals surface area contributed by atoms with E-state index in [0.717, 1.165) is 31.7 Å². The largest absolute Gasteiger partial charge is 0.494 e. The number of urea groups is 1. The van der Waals surface area contributed by atoms with Crippen LogP contribution >= 0.6 is 0 Å². The molecular weight excluding hydrogens is 309 g/mol. The van der Waals surface area contributed by atoms with Gasteiger partial charge < -0.3 is 15.4 Å². The van der Waals surface area contributed by atoms with Gasteiger partial charge in [0.2, 0.25) is 0 Å². The van der Waals surface area contributed by atoms with Gasteiger partial charge in [0, 0.05) is 6.54 Å². The molecule has 0 aliphatic carbocycles. The van der Waals surface area contributed by atoms with Crippen molar-refractivity contribution in [3.05, 3.63) is 23.8 Å². The van der Waals surface area contributed by atoms with Crippen molar-refractivity contribution in [3.63, 3.8) is 0 Å². The van der Waals surface area contributed by atoms with Crippen molar-refractivity contribution in [2.75, 3.05) is 18.5 Å². The number of rotatable bonds is 8. The summed E-state index contributed by atoms with van der Waals surface area (Å²) < 4.78 is 44.3. The summed E-state index contributed by atoms with van der Waals surface area (Å²) in [6, 6.07) is 2.84. The van der Waals surface area contributed by atoms with Gasteiger partial charge in [-0.2, -0.15) is 13.2 Å². The highest BCUT2D eigenvalue weighted by Gasteiger charge is 2.34. The van der Waals surface area contributed by atoms with Crippen molar-refractivity contribution in [2.45, 2.75) is 45.7 Å². The maximum Gasteiger partial charge on any atom is 0.418 e. The predicted octanol–water partition coefficient (Wildman–Crippen LogP) is 4.81. The zero-order valence-electron chi connectivity index (χ0n) is 13.4. The molecule has 0 aliphatic heterocycles. The zero-order valence-corrected chi connectivity index (χ0v) is 13.4. The Balaban J connectivity index is 2.69. The van der Waals surface area contributed by atoms with E-state index in [1.54, 1.807) is 6.92 Å². The van der Waals surface area contributed by atoms with Crippen LogP contribution in [0, 0.1) is 0 Å². The molecule has 0 aromatic heterocycles. The molecule has 1 rings (SSSR count). The second-order valence-corrected chi connectivity index (χ2v) is 5.08. The van der Waals surface area contributed by atoms with Gasteiger partial charge in [0.15, 0.2) is 0 Å². The van der Waals surface area contributed by atoms with Crippen LogP contribution in [0.15, 0.2) is 18.2 Å². The lowest BCUT2D eigenvalue weighted by atomic mass is 10.1. The van der Waals surface area contributed by atoms with Crippen LogP contribution in [0.4, 0.5) is 23.7 Å². The van der Waals surface area contributed by atoms with E-state index in [9.17, 15) is 18.0 Å². The molecule has 0 spiro atoms. The highest BCUT2D eigenvalue weighted by atomic mass is 19.4. The number of carbonyl (C=O) groups excluding carboxylic acids is 1. The van der Waals surface area contributed by atoms with Gasteiger partial charge in [-0.05, 0) is 31.5 Å². The first-order valence-electron chi connectivity index (χ1n) is 7.77. The minimum Gasteiger partial charge on any atom is -0.494 e. The summed E-state index contributed by atoms with van der Waals surface area (Å²) in [6.45, 7) is 4.46. The Labute approximate surface area is 134 Å². The Morgan fingerprint density at radius 1 is 1.17 bits per heavy atom. The number of alkyl halides is 3.